The average molecular weight is 371 g/mol. The largest absolute Gasteiger partial charge is 0.443 e. The van der Waals surface area contributed by atoms with Crippen LogP contribution in [-0.2, 0) is 4.74 Å². The number of benzene rings is 1. The molecule has 1 saturated heterocycles. The van der Waals surface area contributed by atoms with Gasteiger partial charge in [0.05, 0.1) is 0 Å². The highest BCUT2D eigenvalue weighted by atomic mass is 79.9. The number of nitrogens with one attached hydrogen (secondary N) is 1. The van der Waals surface area contributed by atoms with Gasteiger partial charge in [0.1, 0.15) is 6.04 Å². The molecule has 0 unspecified atom stereocenters. The molecular weight excluding hydrogens is 364 g/mol. The number of cyclic esters (lactones) is 1. The zero-order chi connectivity index (χ0) is 12.6. The minimum Gasteiger partial charge on any atom is -0.443 e. The molecule has 0 radical (unpaired) electrons. The van der Waals surface area contributed by atoms with Crippen molar-refractivity contribution in [3.05, 3.63) is 32.7 Å². The number of alkyl halides is 2. The van der Waals surface area contributed by atoms with E-state index in [1.807, 2.05) is 0 Å². The molecule has 1 amide bonds. The Morgan fingerprint density at radius 3 is 2.71 bits per heavy atom. The van der Waals surface area contributed by atoms with Crippen molar-refractivity contribution in [3.63, 3.8) is 0 Å². The first kappa shape index (κ1) is 12.8. The van der Waals surface area contributed by atoms with E-state index in [2.05, 4.69) is 41.9 Å². The molecule has 7 heteroatoms. The molecule has 0 aromatic heterocycles. The molecule has 3 nitrogen and oxygen atoms in total. The Morgan fingerprint density at radius 2 is 2.06 bits per heavy atom. The van der Waals surface area contributed by atoms with Gasteiger partial charge in [-0.05, 0) is 49.6 Å². The summed E-state index contributed by atoms with van der Waals surface area (Å²) in [5.41, 5.74) is 0.321. The smallest absolute Gasteiger partial charge is 0.408 e. The van der Waals surface area contributed by atoms with Crippen LogP contribution in [-0.4, -0.2) is 18.6 Å². The molecule has 1 fully saturated rings. The van der Waals surface area contributed by atoms with Gasteiger partial charge in [0.25, 0.3) is 0 Å². The maximum absolute atomic E-state index is 13.6. The van der Waals surface area contributed by atoms with Crippen LogP contribution in [0.3, 0.4) is 0 Å². The van der Waals surface area contributed by atoms with Crippen LogP contribution in [0, 0.1) is 0 Å². The summed E-state index contributed by atoms with van der Waals surface area (Å²) in [6.45, 7) is -0.906. The first-order chi connectivity index (χ1) is 7.90. The maximum Gasteiger partial charge on any atom is 0.408 e. The normalized spacial score (nSPS) is 22.8. The molecule has 1 aliphatic rings. The summed E-state index contributed by atoms with van der Waals surface area (Å²) in [6, 6.07) is 3.33. The lowest BCUT2D eigenvalue weighted by molar-refractivity contribution is -0.104. The van der Waals surface area contributed by atoms with E-state index < -0.39 is 24.7 Å². The van der Waals surface area contributed by atoms with E-state index >= 15 is 0 Å². The molecule has 1 aliphatic heterocycles. The zero-order valence-electron chi connectivity index (χ0n) is 8.34. The number of hydrogen-bond acceptors (Lipinski definition) is 2. The SMILES string of the molecule is O=C1N[C@@H](c2ccc(Br)c(Br)c2)C(F)(F)CO1. The van der Waals surface area contributed by atoms with E-state index in [0.29, 0.717) is 10.0 Å². The highest BCUT2D eigenvalue weighted by Gasteiger charge is 2.46. The lowest BCUT2D eigenvalue weighted by atomic mass is 10.0. The van der Waals surface area contributed by atoms with Crippen LogP contribution in [0.5, 0.6) is 0 Å². The minimum atomic E-state index is -3.12. The maximum atomic E-state index is 13.6. The highest BCUT2D eigenvalue weighted by Crippen LogP contribution is 2.36. The summed E-state index contributed by atoms with van der Waals surface area (Å²) >= 11 is 6.48. The lowest BCUT2D eigenvalue weighted by Crippen LogP contribution is -2.49. The number of halogens is 4. The average Bonchev–Trinajstić information content (AvgIpc) is 2.26. The fourth-order valence-corrected chi connectivity index (χ4v) is 2.17. The third-order valence-corrected chi connectivity index (χ3v) is 4.24. The topological polar surface area (TPSA) is 38.3 Å². The second-order valence-electron chi connectivity index (χ2n) is 3.59. The standard InChI is InChI=1S/C10H7Br2F2NO2/c11-6-2-1-5(3-7(6)12)8-10(13,14)4-17-9(16)15-8/h1-3,8H,4H2,(H,15,16)/t8-/m0/s1. The van der Waals surface area contributed by atoms with Crippen molar-refractivity contribution in [2.75, 3.05) is 6.61 Å². The van der Waals surface area contributed by atoms with Gasteiger partial charge in [-0.25, -0.2) is 13.6 Å². The number of ether oxygens (including phenoxy) is 1. The number of hydrogen-bond donors (Lipinski definition) is 1. The quantitative estimate of drug-likeness (QED) is 0.819. The Hall–Kier alpha value is -0.690. The Labute approximate surface area is 113 Å². The van der Waals surface area contributed by atoms with Crippen molar-refractivity contribution in [2.45, 2.75) is 12.0 Å². The highest BCUT2D eigenvalue weighted by molar-refractivity contribution is 9.13. The molecule has 92 valence electrons. The van der Waals surface area contributed by atoms with Gasteiger partial charge in [-0.1, -0.05) is 6.07 Å². The predicted octanol–water partition coefficient (Wildman–Crippen LogP) is 3.63. The first-order valence-corrected chi connectivity index (χ1v) is 6.25. The predicted molar refractivity (Wildman–Crippen MR) is 64.0 cm³/mol. The van der Waals surface area contributed by atoms with E-state index in [9.17, 15) is 13.6 Å². The van der Waals surface area contributed by atoms with E-state index in [-0.39, 0.29) is 0 Å². The van der Waals surface area contributed by atoms with Crippen molar-refractivity contribution in [2.24, 2.45) is 0 Å². The number of amides is 1. The summed E-state index contributed by atoms with van der Waals surface area (Å²) in [5, 5.41) is 2.12. The molecule has 0 bridgehead atoms. The van der Waals surface area contributed by atoms with Crippen LogP contribution in [0.2, 0.25) is 0 Å². The molecular formula is C10H7Br2F2NO2. The molecule has 0 spiro atoms. The van der Waals surface area contributed by atoms with Crippen molar-refractivity contribution < 1.29 is 18.3 Å². The Morgan fingerprint density at radius 1 is 1.35 bits per heavy atom. The summed E-state index contributed by atoms with van der Waals surface area (Å²) in [6.07, 6.45) is -0.833. The third kappa shape index (κ3) is 2.60. The molecule has 0 saturated carbocycles. The summed E-state index contributed by atoms with van der Waals surface area (Å²) in [4.78, 5) is 11.0. The van der Waals surface area contributed by atoms with Crippen LogP contribution < -0.4 is 5.32 Å². The van der Waals surface area contributed by atoms with Crippen molar-refractivity contribution in [1.29, 1.82) is 0 Å². The fraction of sp³-hybridized carbons (Fsp3) is 0.300. The van der Waals surface area contributed by atoms with Crippen molar-refractivity contribution in [1.82, 2.24) is 5.32 Å². The molecule has 1 atom stereocenters. The molecule has 0 aliphatic carbocycles. The Balaban J connectivity index is 2.36. The number of carbonyl (C=O) groups is 1. The van der Waals surface area contributed by atoms with Gasteiger partial charge in [0, 0.05) is 8.95 Å². The first-order valence-electron chi connectivity index (χ1n) is 4.66. The van der Waals surface area contributed by atoms with Crippen LogP contribution in [0.25, 0.3) is 0 Å². The van der Waals surface area contributed by atoms with Gasteiger partial charge in [0.15, 0.2) is 6.61 Å². The van der Waals surface area contributed by atoms with Gasteiger partial charge < -0.3 is 10.1 Å². The lowest BCUT2D eigenvalue weighted by Gasteiger charge is -2.31. The molecule has 1 aromatic rings. The van der Waals surface area contributed by atoms with E-state index in [4.69, 9.17) is 0 Å². The van der Waals surface area contributed by atoms with Crippen molar-refractivity contribution in [3.8, 4) is 0 Å². The summed E-state index contributed by atoms with van der Waals surface area (Å²) in [5.74, 6) is -3.12. The zero-order valence-corrected chi connectivity index (χ0v) is 11.5. The second kappa shape index (κ2) is 4.53. The van der Waals surface area contributed by atoms with Crippen LogP contribution in [0.15, 0.2) is 27.1 Å². The summed E-state index contributed by atoms with van der Waals surface area (Å²) < 4.78 is 32.9. The van der Waals surface area contributed by atoms with Gasteiger partial charge in [-0.2, -0.15) is 0 Å². The van der Waals surface area contributed by atoms with Gasteiger partial charge in [0.2, 0.25) is 0 Å². The number of rotatable bonds is 1. The van der Waals surface area contributed by atoms with E-state index in [1.54, 1.807) is 6.07 Å². The minimum absolute atomic E-state index is 0.321. The van der Waals surface area contributed by atoms with E-state index in [0.717, 1.165) is 4.47 Å². The van der Waals surface area contributed by atoms with Crippen LogP contribution in [0.4, 0.5) is 13.6 Å². The Bertz CT molecular complexity index is 468. The molecule has 1 aromatic carbocycles. The van der Waals surface area contributed by atoms with Crippen LogP contribution >= 0.6 is 31.9 Å². The van der Waals surface area contributed by atoms with Crippen molar-refractivity contribution >= 4 is 38.0 Å². The van der Waals surface area contributed by atoms with Crippen LogP contribution in [0.1, 0.15) is 11.6 Å². The molecule has 1 N–H and O–H groups in total. The molecule has 17 heavy (non-hydrogen) atoms. The monoisotopic (exact) mass is 369 g/mol. The fourth-order valence-electron chi connectivity index (χ4n) is 1.53. The van der Waals surface area contributed by atoms with Gasteiger partial charge in [-0.3, -0.25) is 0 Å². The number of alkyl carbamates (subject to hydrolysis) is 1. The van der Waals surface area contributed by atoms with Gasteiger partial charge >= 0.3 is 12.0 Å². The molecule has 2 rings (SSSR count). The second-order valence-corrected chi connectivity index (χ2v) is 5.30. The van der Waals surface area contributed by atoms with Gasteiger partial charge in [-0.15, -0.1) is 0 Å². The number of carbonyl (C=O) groups excluding carboxylic acids is 1. The summed E-state index contributed by atoms with van der Waals surface area (Å²) in [7, 11) is 0. The Kier molecular flexibility index (Phi) is 3.40. The van der Waals surface area contributed by atoms with E-state index in [1.165, 1.54) is 12.1 Å². The third-order valence-electron chi connectivity index (χ3n) is 2.36. The molecule has 1 heterocycles.